The van der Waals surface area contributed by atoms with Crippen molar-refractivity contribution in [2.24, 2.45) is 0 Å². The van der Waals surface area contributed by atoms with E-state index in [1.807, 2.05) is 0 Å². The molecule has 1 aromatic carbocycles. The van der Waals surface area contributed by atoms with Gasteiger partial charge in [-0.1, -0.05) is 52.0 Å². The largest absolute Gasteiger partial charge is 0.379 e. The molecule has 0 radical (unpaired) electrons. The van der Waals surface area contributed by atoms with Crippen molar-refractivity contribution in [3.8, 4) is 0 Å². The number of benzene rings is 1. The van der Waals surface area contributed by atoms with E-state index in [9.17, 15) is 0 Å². The van der Waals surface area contributed by atoms with Crippen LogP contribution < -0.4 is 5.32 Å². The zero-order valence-electron chi connectivity index (χ0n) is 12.9. The maximum Gasteiger partial charge on any atom is 0.0661 e. The third kappa shape index (κ3) is 5.75. The predicted molar refractivity (Wildman–Crippen MR) is 82.7 cm³/mol. The van der Waals surface area contributed by atoms with E-state index in [1.165, 1.54) is 11.1 Å². The van der Waals surface area contributed by atoms with E-state index in [2.05, 4.69) is 57.3 Å². The lowest BCUT2D eigenvalue weighted by Gasteiger charge is -2.19. The maximum absolute atomic E-state index is 5.71. The zero-order chi connectivity index (χ0) is 14.1. The molecule has 0 saturated carbocycles. The molecule has 1 rings (SSSR count). The molecule has 0 bridgehead atoms. The molecule has 108 valence electrons. The van der Waals surface area contributed by atoms with Crippen LogP contribution in [0.3, 0.4) is 0 Å². The summed E-state index contributed by atoms with van der Waals surface area (Å²) in [7, 11) is 0. The van der Waals surface area contributed by atoms with Crippen molar-refractivity contribution in [3.05, 3.63) is 35.4 Å². The molecule has 19 heavy (non-hydrogen) atoms. The van der Waals surface area contributed by atoms with Gasteiger partial charge >= 0.3 is 0 Å². The van der Waals surface area contributed by atoms with Gasteiger partial charge in [0.1, 0.15) is 0 Å². The first-order valence-corrected chi connectivity index (χ1v) is 7.60. The molecule has 0 aliphatic heterocycles. The Hall–Kier alpha value is -0.860. The van der Waals surface area contributed by atoms with Gasteiger partial charge in [-0.2, -0.15) is 0 Å². The highest BCUT2D eigenvalue weighted by atomic mass is 16.5. The van der Waals surface area contributed by atoms with Crippen LogP contribution in [0.25, 0.3) is 0 Å². The van der Waals surface area contributed by atoms with Gasteiger partial charge in [0.05, 0.1) is 12.6 Å². The van der Waals surface area contributed by atoms with E-state index >= 15 is 0 Å². The summed E-state index contributed by atoms with van der Waals surface area (Å²) < 4.78 is 5.71. The molecular formula is C17H29NO. The number of hydrogen-bond acceptors (Lipinski definition) is 2. The van der Waals surface area contributed by atoms with Crippen LogP contribution >= 0.6 is 0 Å². The third-order valence-corrected chi connectivity index (χ3v) is 3.28. The van der Waals surface area contributed by atoms with Gasteiger partial charge in [0.15, 0.2) is 0 Å². The van der Waals surface area contributed by atoms with E-state index in [4.69, 9.17) is 4.74 Å². The van der Waals surface area contributed by atoms with Gasteiger partial charge in [-0.15, -0.1) is 0 Å². The van der Waals surface area contributed by atoms with Crippen LogP contribution in [0.4, 0.5) is 0 Å². The standard InChI is InChI=1S/C17H29NO/c1-5-11-18-17(13-19-12-6-2)16-9-7-15(8-10-16)14(3)4/h7-10,14,17-18H,5-6,11-13H2,1-4H3. The molecule has 0 fully saturated rings. The smallest absolute Gasteiger partial charge is 0.0661 e. The Morgan fingerprint density at radius 2 is 1.63 bits per heavy atom. The normalized spacial score (nSPS) is 12.9. The summed E-state index contributed by atoms with van der Waals surface area (Å²) in [6.45, 7) is 11.4. The Morgan fingerprint density at radius 1 is 1.00 bits per heavy atom. The molecule has 1 aromatic rings. The van der Waals surface area contributed by atoms with Gasteiger partial charge in [0.2, 0.25) is 0 Å². The third-order valence-electron chi connectivity index (χ3n) is 3.28. The fraction of sp³-hybridized carbons (Fsp3) is 0.647. The lowest BCUT2D eigenvalue weighted by Crippen LogP contribution is -2.26. The summed E-state index contributed by atoms with van der Waals surface area (Å²) in [5.41, 5.74) is 2.72. The van der Waals surface area contributed by atoms with Crippen molar-refractivity contribution in [2.45, 2.75) is 52.5 Å². The summed E-state index contributed by atoms with van der Waals surface area (Å²) in [5, 5.41) is 3.57. The molecule has 0 heterocycles. The van der Waals surface area contributed by atoms with Gasteiger partial charge in [0.25, 0.3) is 0 Å². The maximum atomic E-state index is 5.71. The van der Waals surface area contributed by atoms with Gasteiger partial charge in [0, 0.05) is 6.61 Å². The summed E-state index contributed by atoms with van der Waals surface area (Å²) in [6, 6.07) is 9.25. The monoisotopic (exact) mass is 263 g/mol. The van der Waals surface area contributed by atoms with Crippen LogP contribution in [0.5, 0.6) is 0 Å². The first kappa shape index (κ1) is 16.2. The topological polar surface area (TPSA) is 21.3 Å². The summed E-state index contributed by atoms with van der Waals surface area (Å²) in [5.74, 6) is 0.590. The average molecular weight is 263 g/mol. The number of hydrogen-bond donors (Lipinski definition) is 1. The molecule has 0 aliphatic carbocycles. The van der Waals surface area contributed by atoms with Crippen LogP contribution in [-0.2, 0) is 4.74 Å². The summed E-state index contributed by atoms with van der Waals surface area (Å²) in [6.07, 6.45) is 2.22. The van der Waals surface area contributed by atoms with Crippen molar-refractivity contribution in [1.82, 2.24) is 5.32 Å². The fourth-order valence-corrected chi connectivity index (χ4v) is 2.05. The van der Waals surface area contributed by atoms with Crippen LogP contribution in [-0.4, -0.2) is 19.8 Å². The Labute approximate surface area is 118 Å². The van der Waals surface area contributed by atoms with Crippen molar-refractivity contribution >= 4 is 0 Å². The first-order valence-electron chi connectivity index (χ1n) is 7.60. The number of rotatable bonds is 9. The molecule has 2 heteroatoms. The van der Waals surface area contributed by atoms with E-state index in [0.717, 1.165) is 32.6 Å². The Kier molecular flexibility index (Phi) is 7.76. The molecule has 2 nitrogen and oxygen atoms in total. The van der Waals surface area contributed by atoms with Crippen molar-refractivity contribution in [1.29, 1.82) is 0 Å². The predicted octanol–water partition coefficient (Wildman–Crippen LogP) is 4.28. The second-order valence-electron chi connectivity index (χ2n) is 5.40. The van der Waals surface area contributed by atoms with E-state index in [-0.39, 0.29) is 0 Å². The Bertz CT molecular complexity index is 332. The lowest BCUT2D eigenvalue weighted by molar-refractivity contribution is 0.112. The van der Waals surface area contributed by atoms with Crippen LogP contribution in [0.15, 0.2) is 24.3 Å². The number of nitrogens with one attached hydrogen (secondary N) is 1. The second kappa shape index (κ2) is 9.11. The van der Waals surface area contributed by atoms with Gasteiger partial charge in [-0.25, -0.2) is 0 Å². The minimum atomic E-state index is 0.313. The minimum Gasteiger partial charge on any atom is -0.379 e. The zero-order valence-corrected chi connectivity index (χ0v) is 12.9. The molecule has 0 saturated heterocycles. The molecule has 0 spiro atoms. The van der Waals surface area contributed by atoms with E-state index in [0.29, 0.717) is 12.0 Å². The molecule has 0 amide bonds. The van der Waals surface area contributed by atoms with Crippen molar-refractivity contribution < 1.29 is 4.74 Å². The van der Waals surface area contributed by atoms with E-state index in [1.54, 1.807) is 0 Å². The van der Waals surface area contributed by atoms with Gasteiger partial charge in [-0.05, 0) is 36.4 Å². The molecular weight excluding hydrogens is 234 g/mol. The highest BCUT2D eigenvalue weighted by molar-refractivity contribution is 5.27. The molecule has 0 aliphatic rings. The van der Waals surface area contributed by atoms with Crippen molar-refractivity contribution in [2.75, 3.05) is 19.8 Å². The summed E-state index contributed by atoms with van der Waals surface area (Å²) >= 11 is 0. The van der Waals surface area contributed by atoms with E-state index < -0.39 is 0 Å². The van der Waals surface area contributed by atoms with Crippen LogP contribution in [0.2, 0.25) is 0 Å². The highest BCUT2D eigenvalue weighted by Gasteiger charge is 2.11. The average Bonchev–Trinajstić information content (AvgIpc) is 2.43. The Morgan fingerprint density at radius 3 is 2.16 bits per heavy atom. The quantitative estimate of drug-likeness (QED) is 0.672. The molecule has 1 N–H and O–H groups in total. The van der Waals surface area contributed by atoms with Gasteiger partial charge < -0.3 is 10.1 Å². The molecule has 1 unspecified atom stereocenters. The molecule has 0 aromatic heterocycles. The van der Waals surface area contributed by atoms with Crippen molar-refractivity contribution in [3.63, 3.8) is 0 Å². The van der Waals surface area contributed by atoms with Crippen LogP contribution in [0.1, 0.15) is 63.6 Å². The van der Waals surface area contributed by atoms with Crippen LogP contribution in [0, 0.1) is 0 Å². The second-order valence-corrected chi connectivity index (χ2v) is 5.40. The highest BCUT2D eigenvalue weighted by Crippen LogP contribution is 2.19. The first-order chi connectivity index (χ1) is 9.19. The fourth-order valence-electron chi connectivity index (χ4n) is 2.05. The lowest BCUT2D eigenvalue weighted by atomic mass is 9.99. The molecule has 1 atom stereocenters. The SMILES string of the molecule is CCCNC(COCCC)c1ccc(C(C)C)cc1. The Balaban J connectivity index is 2.66. The minimum absolute atomic E-state index is 0.313. The number of ether oxygens (including phenoxy) is 1. The summed E-state index contributed by atoms with van der Waals surface area (Å²) in [4.78, 5) is 0. The van der Waals surface area contributed by atoms with Gasteiger partial charge in [-0.3, -0.25) is 0 Å².